The van der Waals surface area contributed by atoms with Crippen LogP contribution in [0.25, 0.3) is 0 Å². The summed E-state index contributed by atoms with van der Waals surface area (Å²) in [5, 5.41) is 7.23. The van der Waals surface area contributed by atoms with Gasteiger partial charge in [-0.2, -0.15) is 5.10 Å². The largest absolute Gasteiger partial charge is 0.396 e. The fraction of sp³-hybridized carbons (Fsp3) is 0.308. The summed E-state index contributed by atoms with van der Waals surface area (Å²) in [6.45, 7) is 1.26. The third-order valence-electron chi connectivity index (χ3n) is 3.04. The highest BCUT2D eigenvalue weighted by molar-refractivity contribution is 7.89. The minimum absolute atomic E-state index is 0.108. The number of rotatable bonds is 6. The van der Waals surface area contributed by atoms with Gasteiger partial charge in [-0.25, -0.2) is 12.7 Å². The van der Waals surface area contributed by atoms with Gasteiger partial charge in [-0.1, -0.05) is 6.07 Å². The average Bonchev–Trinajstić information content (AvgIpc) is 2.93. The number of aromatic nitrogens is 2. The first kappa shape index (κ1) is 15.3. The standard InChI is InChI=1S/C13H19N5O2S/c1-17(2)21(19,20)12-6-3-5-11(13(12)14)15-8-10-18-9-4-7-16-18/h3-7,9,15H,8,10,14H2,1-2H3. The van der Waals surface area contributed by atoms with Crippen molar-refractivity contribution in [1.29, 1.82) is 0 Å². The Bertz CT molecular complexity index is 695. The fourth-order valence-electron chi connectivity index (χ4n) is 1.86. The van der Waals surface area contributed by atoms with E-state index in [1.54, 1.807) is 23.0 Å². The summed E-state index contributed by atoms with van der Waals surface area (Å²) in [4.78, 5) is 0.108. The molecule has 21 heavy (non-hydrogen) atoms. The Morgan fingerprint density at radius 3 is 2.71 bits per heavy atom. The van der Waals surface area contributed by atoms with Crippen LogP contribution in [0.5, 0.6) is 0 Å². The normalized spacial score (nSPS) is 11.8. The van der Waals surface area contributed by atoms with Crippen molar-refractivity contribution in [2.45, 2.75) is 11.4 Å². The van der Waals surface area contributed by atoms with Gasteiger partial charge in [0.2, 0.25) is 10.0 Å². The van der Waals surface area contributed by atoms with E-state index in [0.29, 0.717) is 18.8 Å². The molecule has 3 N–H and O–H groups in total. The molecular formula is C13H19N5O2S. The zero-order valence-electron chi connectivity index (χ0n) is 12.0. The molecule has 0 atom stereocenters. The van der Waals surface area contributed by atoms with Crippen LogP contribution in [0.2, 0.25) is 0 Å². The average molecular weight is 309 g/mol. The summed E-state index contributed by atoms with van der Waals surface area (Å²) in [5.41, 5.74) is 6.81. The summed E-state index contributed by atoms with van der Waals surface area (Å²) in [6, 6.07) is 6.78. The van der Waals surface area contributed by atoms with Gasteiger partial charge in [-0.05, 0) is 18.2 Å². The molecule has 0 saturated heterocycles. The molecule has 0 saturated carbocycles. The van der Waals surface area contributed by atoms with Crippen LogP contribution in [0, 0.1) is 0 Å². The Morgan fingerprint density at radius 1 is 1.33 bits per heavy atom. The van der Waals surface area contributed by atoms with Crippen molar-refractivity contribution in [3.63, 3.8) is 0 Å². The Labute approximate surface area is 124 Å². The van der Waals surface area contributed by atoms with Crippen LogP contribution in [0.4, 0.5) is 11.4 Å². The predicted octanol–water partition coefficient (Wildman–Crippen LogP) is 0.828. The quantitative estimate of drug-likeness (QED) is 0.771. The van der Waals surface area contributed by atoms with Gasteiger partial charge in [0, 0.05) is 33.0 Å². The molecule has 0 aliphatic rings. The minimum Gasteiger partial charge on any atom is -0.396 e. The Morgan fingerprint density at radius 2 is 2.10 bits per heavy atom. The molecule has 0 spiro atoms. The maximum absolute atomic E-state index is 12.2. The third kappa shape index (κ3) is 3.34. The molecule has 7 nitrogen and oxygen atoms in total. The van der Waals surface area contributed by atoms with Crippen LogP contribution in [0.1, 0.15) is 0 Å². The molecule has 0 aliphatic heterocycles. The summed E-state index contributed by atoms with van der Waals surface area (Å²) in [5.74, 6) is 0. The van der Waals surface area contributed by atoms with Crippen molar-refractivity contribution in [2.75, 3.05) is 31.7 Å². The van der Waals surface area contributed by atoms with E-state index >= 15 is 0 Å². The number of nitrogens with one attached hydrogen (secondary N) is 1. The second-order valence-electron chi connectivity index (χ2n) is 4.70. The topological polar surface area (TPSA) is 93.2 Å². The second-order valence-corrected chi connectivity index (χ2v) is 6.82. The van der Waals surface area contributed by atoms with E-state index in [2.05, 4.69) is 10.4 Å². The van der Waals surface area contributed by atoms with Gasteiger partial charge in [-0.15, -0.1) is 0 Å². The summed E-state index contributed by atoms with van der Waals surface area (Å²) < 4.78 is 27.3. The summed E-state index contributed by atoms with van der Waals surface area (Å²) >= 11 is 0. The molecule has 0 aliphatic carbocycles. The molecule has 0 fully saturated rings. The predicted molar refractivity (Wildman–Crippen MR) is 82.4 cm³/mol. The maximum Gasteiger partial charge on any atom is 0.244 e. The highest BCUT2D eigenvalue weighted by Gasteiger charge is 2.21. The molecule has 0 bridgehead atoms. The number of hydrogen-bond acceptors (Lipinski definition) is 5. The number of nitrogens with zero attached hydrogens (tertiary/aromatic N) is 3. The first-order valence-electron chi connectivity index (χ1n) is 6.45. The number of sulfonamides is 1. The SMILES string of the molecule is CN(C)S(=O)(=O)c1cccc(NCCn2cccn2)c1N. The Hall–Kier alpha value is -2.06. The molecule has 0 radical (unpaired) electrons. The highest BCUT2D eigenvalue weighted by Crippen LogP contribution is 2.27. The Balaban J connectivity index is 2.14. The third-order valence-corrected chi connectivity index (χ3v) is 4.91. The smallest absolute Gasteiger partial charge is 0.244 e. The van der Waals surface area contributed by atoms with Crippen LogP contribution in [0.3, 0.4) is 0 Å². The lowest BCUT2D eigenvalue weighted by atomic mass is 10.2. The second kappa shape index (κ2) is 6.15. The molecule has 2 aromatic rings. The van der Waals surface area contributed by atoms with Crippen molar-refractivity contribution in [3.05, 3.63) is 36.7 Å². The van der Waals surface area contributed by atoms with E-state index in [1.807, 2.05) is 12.3 Å². The lowest BCUT2D eigenvalue weighted by Gasteiger charge is -2.16. The number of nitrogen functional groups attached to an aromatic ring is 1. The van der Waals surface area contributed by atoms with E-state index in [-0.39, 0.29) is 10.6 Å². The van der Waals surface area contributed by atoms with Gasteiger partial charge >= 0.3 is 0 Å². The lowest BCUT2D eigenvalue weighted by molar-refractivity contribution is 0.521. The van der Waals surface area contributed by atoms with Crippen LogP contribution >= 0.6 is 0 Å². The molecule has 0 amide bonds. The molecule has 1 aromatic carbocycles. The first-order valence-corrected chi connectivity index (χ1v) is 7.89. The van der Waals surface area contributed by atoms with E-state index in [4.69, 9.17) is 5.73 Å². The van der Waals surface area contributed by atoms with Crippen molar-refractivity contribution >= 4 is 21.4 Å². The van der Waals surface area contributed by atoms with Crippen LogP contribution in [-0.2, 0) is 16.6 Å². The monoisotopic (exact) mass is 309 g/mol. The van der Waals surface area contributed by atoms with Gasteiger partial charge < -0.3 is 11.1 Å². The molecule has 1 heterocycles. The lowest BCUT2D eigenvalue weighted by Crippen LogP contribution is -2.23. The van der Waals surface area contributed by atoms with Gasteiger partial charge in [0.05, 0.1) is 17.9 Å². The molecule has 1 aromatic heterocycles. The van der Waals surface area contributed by atoms with Crippen molar-refractivity contribution < 1.29 is 8.42 Å². The molecular weight excluding hydrogens is 290 g/mol. The van der Waals surface area contributed by atoms with E-state index < -0.39 is 10.0 Å². The minimum atomic E-state index is -3.55. The Kier molecular flexibility index (Phi) is 4.49. The van der Waals surface area contributed by atoms with Gasteiger partial charge in [0.1, 0.15) is 4.90 Å². The zero-order valence-corrected chi connectivity index (χ0v) is 12.8. The maximum atomic E-state index is 12.2. The van der Waals surface area contributed by atoms with Gasteiger partial charge in [0.15, 0.2) is 0 Å². The van der Waals surface area contributed by atoms with Crippen LogP contribution in [-0.4, -0.2) is 43.1 Å². The van der Waals surface area contributed by atoms with E-state index in [0.717, 1.165) is 4.31 Å². The number of nitrogens with two attached hydrogens (primary N) is 1. The fourth-order valence-corrected chi connectivity index (χ4v) is 2.89. The van der Waals surface area contributed by atoms with Crippen LogP contribution < -0.4 is 11.1 Å². The molecule has 2 rings (SSSR count). The van der Waals surface area contributed by atoms with Crippen molar-refractivity contribution in [1.82, 2.24) is 14.1 Å². The molecule has 0 unspecified atom stereocenters. The number of hydrogen-bond donors (Lipinski definition) is 2. The van der Waals surface area contributed by atoms with Gasteiger partial charge in [0.25, 0.3) is 0 Å². The molecule has 8 heteroatoms. The summed E-state index contributed by atoms with van der Waals surface area (Å²) in [6.07, 6.45) is 3.57. The van der Waals surface area contributed by atoms with Crippen LogP contribution in [0.15, 0.2) is 41.6 Å². The number of anilines is 2. The highest BCUT2D eigenvalue weighted by atomic mass is 32.2. The van der Waals surface area contributed by atoms with Crippen molar-refractivity contribution in [3.8, 4) is 0 Å². The van der Waals surface area contributed by atoms with E-state index in [9.17, 15) is 8.42 Å². The van der Waals surface area contributed by atoms with Gasteiger partial charge in [-0.3, -0.25) is 4.68 Å². The van der Waals surface area contributed by atoms with Crippen molar-refractivity contribution in [2.24, 2.45) is 0 Å². The number of para-hydroxylation sites is 1. The zero-order chi connectivity index (χ0) is 15.5. The summed E-state index contributed by atoms with van der Waals surface area (Å²) in [7, 11) is -0.590. The molecule has 114 valence electrons. The number of benzene rings is 1. The van der Waals surface area contributed by atoms with E-state index in [1.165, 1.54) is 20.2 Å². The first-order chi connectivity index (χ1) is 9.93.